The van der Waals surface area contributed by atoms with E-state index in [1.165, 1.54) is 13.2 Å². The van der Waals surface area contributed by atoms with Crippen LogP contribution in [0.3, 0.4) is 0 Å². The van der Waals surface area contributed by atoms with E-state index in [0.29, 0.717) is 26.8 Å². The molecule has 0 spiro atoms. The highest BCUT2D eigenvalue weighted by Crippen LogP contribution is 2.65. The van der Waals surface area contributed by atoms with Crippen LogP contribution in [-0.2, 0) is 29.3 Å². The second-order valence-electron chi connectivity index (χ2n) is 12.8. The number of hydrogen-bond donors (Lipinski definition) is 2. The van der Waals surface area contributed by atoms with Crippen molar-refractivity contribution in [3.8, 4) is 17.2 Å². The molecule has 264 valence electrons. The number of methoxy groups -OCH3 is 2. The summed E-state index contributed by atoms with van der Waals surface area (Å²) in [6.45, 7) is 2.00. The number of para-hydroxylation sites is 1. The normalized spacial score (nSPS) is 26.7. The number of amides is 5. The highest BCUT2D eigenvalue weighted by molar-refractivity contribution is 6.36. The minimum atomic E-state index is -1.69. The van der Waals surface area contributed by atoms with Gasteiger partial charge in [-0.05, 0) is 67.6 Å². The van der Waals surface area contributed by atoms with Crippen molar-refractivity contribution >= 4 is 58.6 Å². The number of phenols is 1. The van der Waals surface area contributed by atoms with Crippen LogP contribution in [0.5, 0.6) is 17.2 Å². The fourth-order valence-corrected chi connectivity index (χ4v) is 8.95. The smallest absolute Gasteiger partial charge is 0.423 e. The fraction of sp³-hybridized carbons (Fsp3) is 0.324. The topological polar surface area (TPSA) is 152 Å². The predicted octanol–water partition coefficient (Wildman–Crippen LogP) is 5.86. The van der Waals surface area contributed by atoms with E-state index in [4.69, 9.17) is 37.4 Å². The summed E-state index contributed by atoms with van der Waals surface area (Å²) < 4.78 is 16.0. The van der Waals surface area contributed by atoms with Crippen LogP contribution in [0.1, 0.15) is 36.8 Å². The average Bonchev–Trinajstić information content (AvgIpc) is 3.51. The van der Waals surface area contributed by atoms with E-state index in [9.17, 15) is 24.3 Å². The van der Waals surface area contributed by atoms with Crippen molar-refractivity contribution in [3.63, 3.8) is 0 Å². The molecule has 12 nitrogen and oxygen atoms in total. The summed E-state index contributed by atoms with van der Waals surface area (Å²) in [7, 11) is 2.59. The zero-order valence-corrected chi connectivity index (χ0v) is 29.2. The summed E-state index contributed by atoms with van der Waals surface area (Å²) in [4.78, 5) is 70.8. The lowest BCUT2D eigenvalue weighted by Crippen LogP contribution is -2.53. The number of phenolic OH excluding ortho intramolecular Hbond substituents is 1. The molecular formula is C37H33Cl2N3O9. The van der Waals surface area contributed by atoms with E-state index >= 15 is 4.79 Å². The van der Waals surface area contributed by atoms with Crippen molar-refractivity contribution in [2.45, 2.75) is 31.1 Å². The van der Waals surface area contributed by atoms with E-state index in [1.54, 1.807) is 67.6 Å². The van der Waals surface area contributed by atoms with Gasteiger partial charge < -0.3 is 19.3 Å². The number of anilines is 1. The van der Waals surface area contributed by atoms with E-state index < -0.39 is 64.7 Å². The minimum Gasteiger partial charge on any atom is -0.504 e. The van der Waals surface area contributed by atoms with Gasteiger partial charge in [-0.1, -0.05) is 59.1 Å². The maximum Gasteiger partial charge on any atom is 0.423 e. The quantitative estimate of drug-likeness (QED) is 0.223. The van der Waals surface area contributed by atoms with Gasteiger partial charge >= 0.3 is 6.09 Å². The second kappa shape index (κ2) is 12.9. The Morgan fingerprint density at radius 2 is 1.73 bits per heavy atom. The minimum absolute atomic E-state index is 0.0351. The predicted molar refractivity (Wildman–Crippen MR) is 184 cm³/mol. The Bertz CT molecular complexity index is 2020. The number of hydrazine groups is 1. The number of carbonyl (C=O) groups is 5. The third-order valence-electron chi connectivity index (χ3n) is 10.6. The second-order valence-corrected chi connectivity index (χ2v) is 13.7. The van der Waals surface area contributed by atoms with E-state index in [0.717, 1.165) is 12.1 Å². The summed E-state index contributed by atoms with van der Waals surface area (Å²) in [5, 5.41) is 13.3. The number of likely N-dealkylation sites (tertiary alicyclic amines) is 1. The van der Waals surface area contributed by atoms with Crippen LogP contribution in [0, 0.1) is 23.7 Å². The number of nitrogens with one attached hydrogen (secondary N) is 1. The number of nitrogens with zero attached hydrogens (tertiary/aromatic N) is 2. The number of fused-ring (bicyclic) bond motifs is 4. The summed E-state index contributed by atoms with van der Waals surface area (Å²) >= 11 is 12.6. The number of halogens is 2. The highest BCUT2D eigenvalue weighted by atomic mass is 35.5. The van der Waals surface area contributed by atoms with Crippen molar-refractivity contribution in [2.24, 2.45) is 23.7 Å². The molecule has 2 heterocycles. The Morgan fingerprint density at radius 1 is 0.980 bits per heavy atom. The number of imide groups is 4. The van der Waals surface area contributed by atoms with Crippen LogP contribution in [0.4, 0.5) is 10.5 Å². The first-order chi connectivity index (χ1) is 24.5. The van der Waals surface area contributed by atoms with Gasteiger partial charge in [0.2, 0.25) is 11.8 Å². The number of carbonyl (C=O) groups excluding carboxylic acids is 5. The molecule has 14 heteroatoms. The first-order valence-corrected chi connectivity index (χ1v) is 17.1. The molecule has 2 aliphatic heterocycles. The molecule has 2 N–H and O–H groups in total. The Balaban J connectivity index is 1.48. The van der Waals surface area contributed by atoms with Gasteiger partial charge in [0.1, 0.15) is 5.75 Å². The number of rotatable bonds is 7. The largest absolute Gasteiger partial charge is 0.504 e. The van der Waals surface area contributed by atoms with Crippen molar-refractivity contribution < 1.29 is 43.3 Å². The standard InChI is InChI=1S/C37H33Cl2N3O9/c1-4-51-28-7-5-6-23(31(28)43)30-21-13-14-22-29(34(46)41(32(22)44)36(48)50-3)24(21)17-25-33(45)42(40-27-15-10-19(38)16-26(27)39)35(47)37(25,30)18-8-11-20(49-2)12-9-18/h5-13,15-16,22,24-25,29-30,40,43H,4,14,17H2,1-3H3. The van der Waals surface area contributed by atoms with Gasteiger partial charge in [-0.3, -0.25) is 24.6 Å². The molecule has 2 aliphatic carbocycles. The van der Waals surface area contributed by atoms with Crippen LogP contribution in [0.2, 0.25) is 10.0 Å². The third-order valence-corrected chi connectivity index (χ3v) is 11.1. The molecule has 5 amide bonds. The average molecular weight is 735 g/mol. The van der Waals surface area contributed by atoms with E-state index in [2.05, 4.69) is 5.43 Å². The molecular weight excluding hydrogens is 701 g/mol. The maximum atomic E-state index is 15.3. The van der Waals surface area contributed by atoms with Crippen LogP contribution in [0.25, 0.3) is 0 Å². The number of aromatic hydroxyl groups is 1. The lowest BCUT2D eigenvalue weighted by Gasteiger charge is -2.50. The van der Waals surface area contributed by atoms with Gasteiger partial charge in [0.05, 0.1) is 54.7 Å². The van der Waals surface area contributed by atoms with Crippen LogP contribution in [-0.4, -0.2) is 65.6 Å². The molecule has 7 rings (SSSR count). The molecule has 4 aliphatic rings. The molecule has 3 aromatic carbocycles. The van der Waals surface area contributed by atoms with Crippen molar-refractivity contribution in [1.29, 1.82) is 0 Å². The summed E-state index contributed by atoms with van der Waals surface area (Å²) in [6.07, 6.45) is 0.753. The SMILES string of the molecule is CCOc1cccc(C2C3=CCC4C(=O)N(C(=O)OC)C(=O)C4C3CC3C(=O)N(Nc4ccc(Cl)cc4Cl)C(=O)C32c2ccc(OC)cc2)c1O. The molecule has 0 bridgehead atoms. The van der Waals surface area contributed by atoms with Gasteiger partial charge in [-0.25, -0.2) is 4.79 Å². The van der Waals surface area contributed by atoms with Crippen molar-refractivity contribution in [2.75, 3.05) is 26.3 Å². The molecule has 51 heavy (non-hydrogen) atoms. The summed E-state index contributed by atoms with van der Waals surface area (Å²) in [5.74, 6) is -7.12. The molecule has 6 unspecified atom stereocenters. The molecule has 3 aromatic rings. The number of ether oxygens (including phenoxy) is 3. The maximum absolute atomic E-state index is 15.3. The van der Waals surface area contributed by atoms with Crippen molar-refractivity contribution in [1.82, 2.24) is 9.91 Å². The Kier molecular flexibility index (Phi) is 8.71. The van der Waals surface area contributed by atoms with Gasteiger partial charge in [-0.2, -0.15) is 9.91 Å². The number of hydrogen-bond acceptors (Lipinski definition) is 10. The van der Waals surface area contributed by atoms with E-state index in [1.807, 2.05) is 0 Å². The molecule has 6 atom stereocenters. The highest BCUT2D eigenvalue weighted by Gasteiger charge is 2.71. The van der Waals surface area contributed by atoms with Crippen LogP contribution < -0.4 is 14.9 Å². The van der Waals surface area contributed by atoms with Gasteiger partial charge in [0.15, 0.2) is 11.5 Å². The Labute approximate surface area is 302 Å². The Morgan fingerprint density at radius 3 is 2.39 bits per heavy atom. The molecule has 2 saturated heterocycles. The Hall–Kier alpha value is -5.07. The zero-order valence-electron chi connectivity index (χ0n) is 27.7. The lowest BCUT2D eigenvalue weighted by atomic mass is 9.49. The number of allylic oxidation sites excluding steroid dienone is 2. The first-order valence-electron chi connectivity index (χ1n) is 16.3. The molecule has 0 aromatic heterocycles. The first kappa shape index (κ1) is 34.4. The third kappa shape index (κ3) is 5.06. The lowest BCUT2D eigenvalue weighted by molar-refractivity contribution is -0.140. The van der Waals surface area contributed by atoms with Crippen LogP contribution in [0.15, 0.2) is 72.3 Å². The van der Waals surface area contributed by atoms with Crippen LogP contribution >= 0.6 is 23.2 Å². The fourth-order valence-electron chi connectivity index (χ4n) is 8.50. The molecule has 3 fully saturated rings. The van der Waals surface area contributed by atoms with Gasteiger partial charge in [0, 0.05) is 16.5 Å². The summed E-state index contributed by atoms with van der Waals surface area (Å²) in [5.41, 5.74) is 2.78. The molecule has 0 radical (unpaired) electrons. The summed E-state index contributed by atoms with van der Waals surface area (Å²) in [6, 6.07) is 16.3. The zero-order chi connectivity index (χ0) is 36.4. The molecule has 1 saturated carbocycles. The van der Waals surface area contributed by atoms with Gasteiger partial charge in [0.25, 0.3) is 11.8 Å². The number of benzene rings is 3. The van der Waals surface area contributed by atoms with Crippen molar-refractivity contribution in [3.05, 3.63) is 93.5 Å². The monoisotopic (exact) mass is 733 g/mol. The van der Waals surface area contributed by atoms with E-state index in [-0.39, 0.29) is 47.2 Å². The van der Waals surface area contributed by atoms with Gasteiger partial charge in [-0.15, -0.1) is 0 Å².